The number of aromatic nitrogens is 6. The van der Waals surface area contributed by atoms with Gasteiger partial charge < -0.3 is 5.32 Å². The van der Waals surface area contributed by atoms with Crippen LogP contribution in [0.2, 0.25) is 0 Å². The molecule has 0 saturated heterocycles. The Hall–Kier alpha value is -2.90. The van der Waals surface area contributed by atoms with E-state index in [1.165, 1.54) is 0 Å². The number of aromatic amines is 1. The zero-order chi connectivity index (χ0) is 19.7. The Morgan fingerprint density at radius 1 is 1.22 bits per heavy atom. The summed E-state index contributed by atoms with van der Waals surface area (Å²) in [4.78, 5) is 12.5. The van der Waals surface area contributed by atoms with Gasteiger partial charge >= 0.3 is 0 Å². The second-order valence-electron chi connectivity index (χ2n) is 7.26. The summed E-state index contributed by atoms with van der Waals surface area (Å²) in [6.45, 7) is 11.4. The molecule has 0 aliphatic heterocycles. The Kier molecular flexibility index (Phi) is 5.16. The smallest absolute Gasteiger partial charge is 0.269 e. The first kappa shape index (κ1) is 18.9. The summed E-state index contributed by atoms with van der Waals surface area (Å²) < 4.78 is 3.80. The second-order valence-corrected chi connectivity index (χ2v) is 7.26. The van der Waals surface area contributed by atoms with Gasteiger partial charge in [0.15, 0.2) is 0 Å². The van der Waals surface area contributed by atoms with Gasteiger partial charge in [0.25, 0.3) is 5.91 Å². The molecule has 0 radical (unpaired) electrons. The normalized spacial score (nSPS) is 12.4. The van der Waals surface area contributed by atoms with Crippen LogP contribution in [0.3, 0.4) is 0 Å². The van der Waals surface area contributed by atoms with Crippen molar-refractivity contribution in [1.82, 2.24) is 35.1 Å². The van der Waals surface area contributed by atoms with E-state index < -0.39 is 0 Å². The minimum absolute atomic E-state index is 0.159. The molecule has 0 saturated carbocycles. The SMILES string of the molecule is Cc1cc(C)n(CC(C)CNC(=O)c2cc(-c3c(C)nn(C)c3C)n[nH]2)n1. The Balaban J connectivity index is 1.62. The van der Waals surface area contributed by atoms with Gasteiger partial charge in [-0.15, -0.1) is 0 Å². The summed E-state index contributed by atoms with van der Waals surface area (Å²) in [5.41, 5.74) is 6.20. The number of carbonyl (C=O) groups excluding carboxylic acids is 1. The monoisotopic (exact) mass is 369 g/mol. The van der Waals surface area contributed by atoms with Gasteiger partial charge in [-0.3, -0.25) is 19.3 Å². The van der Waals surface area contributed by atoms with Gasteiger partial charge in [-0.2, -0.15) is 15.3 Å². The highest BCUT2D eigenvalue weighted by Gasteiger charge is 2.17. The molecule has 0 aliphatic carbocycles. The van der Waals surface area contributed by atoms with Gasteiger partial charge in [0.1, 0.15) is 5.69 Å². The number of aryl methyl sites for hydroxylation is 4. The van der Waals surface area contributed by atoms with Crippen LogP contribution in [-0.2, 0) is 13.6 Å². The van der Waals surface area contributed by atoms with Crippen molar-refractivity contribution in [3.8, 4) is 11.3 Å². The summed E-state index contributed by atoms with van der Waals surface area (Å²) in [6.07, 6.45) is 0. The first-order valence-electron chi connectivity index (χ1n) is 9.11. The average Bonchev–Trinajstić information content (AvgIpc) is 3.25. The number of nitrogens with one attached hydrogen (secondary N) is 2. The number of nitrogens with zero attached hydrogens (tertiary/aromatic N) is 5. The molecule has 3 aromatic rings. The number of hydrogen-bond donors (Lipinski definition) is 2. The molecule has 2 N–H and O–H groups in total. The topological polar surface area (TPSA) is 93.4 Å². The Labute approximate surface area is 159 Å². The van der Waals surface area contributed by atoms with Crippen LogP contribution in [0.25, 0.3) is 11.3 Å². The van der Waals surface area contributed by atoms with E-state index in [0.29, 0.717) is 12.2 Å². The van der Waals surface area contributed by atoms with Crippen LogP contribution in [0.5, 0.6) is 0 Å². The summed E-state index contributed by atoms with van der Waals surface area (Å²) in [5, 5.41) is 19.0. The number of H-pyrrole nitrogens is 1. The number of rotatable bonds is 6. The second kappa shape index (κ2) is 7.38. The lowest BCUT2D eigenvalue weighted by Crippen LogP contribution is -2.30. The van der Waals surface area contributed by atoms with E-state index in [2.05, 4.69) is 38.7 Å². The van der Waals surface area contributed by atoms with Crippen LogP contribution in [0.15, 0.2) is 12.1 Å². The van der Waals surface area contributed by atoms with Gasteiger partial charge in [0.05, 0.1) is 17.1 Å². The summed E-state index contributed by atoms with van der Waals surface area (Å²) in [6, 6.07) is 3.83. The third-order valence-electron chi connectivity index (χ3n) is 4.79. The Bertz CT molecular complexity index is 963. The summed E-state index contributed by atoms with van der Waals surface area (Å²) in [5.74, 6) is 0.102. The van der Waals surface area contributed by atoms with Crippen molar-refractivity contribution in [3.05, 3.63) is 40.6 Å². The lowest BCUT2D eigenvalue weighted by molar-refractivity contribution is 0.0941. The predicted octanol–water partition coefficient (Wildman–Crippen LogP) is 2.31. The van der Waals surface area contributed by atoms with Crippen LogP contribution in [0, 0.1) is 33.6 Å². The fourth-order valence-electron chi connectivity index (χ4n) is 3.29. The molecule has 3 aromatic heterocycles. The van der Waals surface area contributed by atoms with Gasteiger partial charge in [-0.05, 0) is 45.7 Å². The molecule has 27 heavy (non-hydrogen) atoms. The molecule has 0 bridgehead atoms. The molecular formula is C19H27N7O. The summed E-state index contributed by atoms with van der Waals surface area (Å²) in [7, 11) is 1.90. The molecule has 8 nitrogen and oxygen atoms in total. The molecule has 0 aliphatic rings. The average molecular weight is 369 g/mol. The molecule has 3 heterocycles. The van der Waals surface area contributed by atoms with Crippen LogP contribution < -0.4 is 5.32 Å². The molecule has 144 valence electrons. The van der Waals surface area contributed by atoms with E-state index in [1.54, 1.807) is 6.07 Å². The fourth-order valence-corrected chi connectivity index (χ4v) is 3.29. The van der Waals surface area contributed by atoms with E-state index in [1.807, 2.05) is 44.1 Å². The molecular weight excluding hydrogens is 342 g/mol. The Morgan fingerprint density at radius 3 is 2.56 bits per heavy atom. The lowest BCUT2D eigenvalue weighted by Gasteiger charge is -2.13. The maximum atomic E-state index is 12.5. The molecule has 1 amide bonds. The third-order valence-corrected chi connectivity index (χ3v) is 4.79. The minimum Gasteiger partial charge on any atom is -0.350 e. The predicted molar refractivity (Wildman–Crippen MR) is 103 cm³/mol. The van der Waals surface area contributed by atoms with E-state index in [9.17, 15) is 4.79 Å². The quantitative estimate of drug-likeness (QED) is 0.697. The number of carbonyl (C=O) groups is 1. The van der Waals surface area contributed by atoms with Crippen molar-refractivity contribution in [2.45, 2.75) is 41.2 Å². The first-order valence-corrected chi connectivity index (χ1v) is 9.11. The fraction of sp³-hybridized carbons (Fsp3) is 0.474. The largest absolute Gasteiger partial charge is 0.350 e. The van der Waals surface area contributed by atoms with Gasteiger partial charge in [-0.1, -0.05) is 6.92 Å². The highest BCUT2D eigenvalue weighted by atomic mass is 16.1. The van der Waals surface area contributed by atoms with E-state index >= 15 is 0 Å². The summed E-state index contributed by atoms with van der Waals surface area (Å²) >= 11 is 0. The molecule has 0 fully saturated rings. The van der Waals surface area contributed by atoms with Gasteiger partial charge in [-0.25, -0.2) is 0 Å². The molecule has 1 unspecified atom stereocenters. The van der Waals surface area contributed by atoms with E-state index in [4.69, 9.17) is 0 Å². The minimum atomic E-state index is -0.159. The number of hydrogen-bond acceptors (Lipinski definition) is 4. The molecule has 3 rings (SSSR count). The van der Waals surface area contributed by atoms with E-state index in [0.717, 1.165) is 40.6 Å². The Morgan fingerprint density at radius 2 is 1.96 bits per heavy atom. The molecule has 1 atom stereocenters. The molecule has 0 spiro atoms. The molecule has 0 aromatic carbocycles. The van der Waals surface area contributed by atoms with Crippen molar-refractivity contribution >= 4 is 5.91 Å². The zero-order valence-corrected chi connectivity index (χ0v) is 16.8. The highest BCUT2D eigenvalue weighted by molar-refractivity contribution is 5.93. The van der Waals surface area contributed by atoms with Crippen LogP contribution in [-0.4, -0.2) is 42.2 Å². The van der Waals surface area contributed by atoms with Crippen molar-refractivity contribution in [2.75, 3.05) is 6.54 Å². The standard InChI is InChI=1S/C19H27N7O/c1-11(10-26-13(3)7-12(2)23-26)9-20-19(27)17-8-16(21-22-17)18-14(4)24-25(6)15(18)5/h7-8,11H,9-10H2,1-6H3,(H,20,27)(H,21,22). The third kappa shape index (κ3) is 3.94. The van der Waals surface area contributed by atoms with Gasteiger partial charge in [0, 0.05) is 37.1 Å². The maximum Gasteiger partial charge on any atom is 0.269 e. The van der Waals surface area contributed by atoms with E-state index in [-0.39, 0.29) is 11.8 Å². The number of amides is 1. The highest BCUT2D eigenvalue weighted by Crippen LogP contribution is 2.25. The van der Waals surface area contributed by atoms with Crippen LogP contribution >= 0.6 is 0 Å². The zero-order valence-electron chi connectivity index (χ0n) is 16.8. The molecule has 8 heteroatoms. The maximum absolute atomic E-state index is 12.5. The van der Waals surface area contributed by atoms with Crippen LogP contribution in [0.4, 0.5) is 0 Å². The van der Waals surface area contributed by atoms with Crippen LogP contribution in [0.1, 0.15) is 40.2 Å². The van der Waals surface area contributed by atoms with Crippen molar-refractivity contribution in [2.24, 2.45) is 13.0 Å². The van der Waals surface area contributed by atoms with Crippen molar-refractivity contribution in [3.63, 3.8) is 0 Å². The van der Waals surface area contributed by atoms with Gasteiger partial charge in [0.2, 0.25) is 0 Å². The van der Waals surface area contributed by atoms with Crippen molar-refractivity contribution < 1.29 is 4.79 Å². The lowest BCUT2D eigenvalue weighted by atomic mass is 10.1. The first-order chi connectivity index (χ1) is 12.8. The van der Waals surface area contributed by atoms with Crippen molar-refractivity contribution in [1.29, 1.82) is 0 Å².